The van der Waals surface area contributed by atoms with Crippen molar-refractivity contribution in [2.75, 3.05) is 16.6 Å². The van der Waals surface area contributed by atoms with Crippen LogP contribution in [0.25, 0.3) is 0 Å². The SMILES string of the molecule is CC1(C)ON(c2ccc(C#N)c(C(F)(F)F)c2)C(=S)N1c1ccc(OCC2(NC(=O)O)CC2)cc1. The molecule has 2 N–H and O–H groups in total. The summed E-state index contributed by atoms with van der Waals surface area (Å²) in [6.45, 7) is 3.63. The zero-order chi connectivity index (χ0) is 25.6. The highest BCUT2D eigenvalue weighted by molar-refractivity contribution is 7.80. The van der Waals surface area contributed by atoms with Crippen molar-refractivity contribution in [1.29, 1.82) is 5.26 Å². The molecule has 0 atom stereocenters. The molecule has 0 unspecified atom stereocenters. The Hall–Kier alpha value is -3.56. The maximum Gasteiger partial charge on any atom is 0.417 e. The van der Waals surface area contributed by atoms with Crippen molar-refractivity contribution in [2.24, 2.45) is 0 Å². The summed E-state index contributed by atoms with van der Waals surface area (Å²) >= 11 is 5.54. The fourth-order valence-corrected chi connectivity index (χ4v) is 4.26. The number of benzene rings is 2. The van der Waals surface area contributed by atoms with Crippen LogP contribution < -0.4 is 20.0 Å². The van der Waals surface area contributed by atoms with Crippen LogP contribution in [-0.2, 0) is 11.0 Å². The van der Waals surface area contributed by atoms with Gasteiger partial charge < -0.3 is 15.2 Å². The van der Waals surface area contributed by atoms with Crippen molar-refractivity contribution < 1.29 is 32.6 Å². The standard InChI is InChI=1S/C23H21F3N4O4S/c1-21(2)29(15-5-7-17(8-6-15)33-13-22(9-10-22)28-19(31)32)20(35)30(34-21)16-4-3-14(12-27)18(11-16)23(24,25)26/h3-8,11,28H,9-10,13H2,1-2H3,(H,31,32). The number of carbonyl (C=O) groups is 1. The topological polar surface area (TPSA) is 98.1 Å². The van der Waals surface area contributed by atoms with E-state index in [1.54, 1.807) is 49.1 Å². The lowest BCUT2D eigenvalue weighted by molar-refractivity contribution is -0.137. The van der Waals surface area contributed by atoms with Gasteiger partial charge in [0.05, 0.1) is 28.4 Å². The molecule has 0 bridgehead atoms. The van der Waals surface area contributed by atoms with Gasteiger partial charge in [-0.1, -0.05) is 0 Å². The monoisotopic (exact) mass is 506 g/mol. The Morgan fingerprint density at radius 1 is 1.23 bits per heavy atom. The molecular weight excluding hydrogens is 485 g/mol. The van der Waals surface area contributed by atoms with Gasteiger partial charge in [-0.15, -0.1) is 0 Å². The van der Waals surface area contributed by atoms with Crippen LogP contribution in [0.4, 0.5) is 29.3 Å². The molecule has 2 fully saturated rings. The Bertz CT molecular complexity index is 1210. The van der Waals surface area contributed by atoms with Gasteiger partial charge >= 0.3 is 12.3 Å². The van der Waals surface area contributed by atoms with Gasteiger partial charge in [0.2, 0.25) is 5.11 Å². The predicted molar refractivity (Wildman–Crippen MR) is 124 cm³/mol. The summed E-state index contributed by atoms with van der Waals surface area (Å²) in [5.41, 5.74) is -2.51. The molecule has 1 saturated carbocycles. The summed E-state index contributed by atoms with van der Waals surface area (Å²) in [7, 11) is 0. The van der Waals surface area contributed by atoms with Gasteiger partial charge in [0, 0.05) is 5.69 Å². The van der Waals surface area contributed by atoms with E-state index in [0.717, 1.165) is 17.2 Å². The Labute approximate surface area is 204 Å². The average molecular weight is 507 g/mol. The van der Waals surface area contributed by atoms with Gasteiger partial charge in [-0.25, -0.2) is 9.63 Å². The molecule has 184 valence electrons. The first kappa shape index (κ1) is 24.6. The van der Waals surface area contributed by atoms with Gasteiger partial charge in [-0.3, -0.25) is 4.90 Å². The Morgan fingerprint density at radius 2 is 1.86 bits per heavy atom. The van der Waals surface area contributed by atoms with Crippen LogP contribution in [0.3, 0.4) is 0 Å². The first-order valence-corrected chi connectivity index (χ1v) is 10.9. The molecule has 1 heterocycles. The lowest BCUT2D eigenvalue weighted by Gasteiger charge is -2.28. The van der Waals surface area contributed by atoms with Gasteiger partial charge in [0.1, 0.15) is 12.4 Å². The van der Waals surface area contributed by atoms with E-state index in [0.29, 0.717) is 24.3 Å². The third-order valence-corrected chi connectivity index (χ3v) is 6.07. The van der Waals surface area contributed by atoms with Gasteiger partial charge in [0.15, 0.2) is 5.72 Å². The van der Waals surface area contributed by atoms with E-state index >= 15 is 0 Å². The Balaban J connectivity index is 1.53. The van der Waals surface area contributed by atoms with Crippen molar-refractivity contribution in [1.82, 2.24) is 5.32 Å². The Morgan fingerprint density at radius 3 is 2.40 bits per heavy atom. The number of nitrogens with zero attached hydrogens (tertiary/aromatic N) is 3. The fraction of sp³-hybridized carbons (Fsp3) is 0.348. The summed E-state index contributed by atoms with van der Waals surface area (Å²) in [6, 6.07) is 11.6. The molecule has 0 radical (unpaired) electrons. The second kappa shape index (κ2) is 8.58. The molecule has 8 nitrogen and oxygen atoms in total. The lowest BCUT2D eigenvalue weighted by Crippen LogP contribution is -2.41. The molecule has 4 rings (SSSR count). The Kier molecular flexibility index (Phi) is 6.02. The largest absolute Gasteiger partial charge is 0.491 e. The van der Waals surface area contributed by atoms with E-state index in [1.165, 1.54) is 6.07 Å². The number of carboxylic acid groups (broad SMARTS) is 1. The number of ether oxygens (including phenoxy) is 1. The minimum Gasteiger partial charge on any atom is -0.491 e. The molecule has 1 amide bonds. The molecule has 12 heteroatoms. The summed E-state index contributed by atoms with van der Waals surface area (Å²) in [6.07, 6.45) is -4.41. The molecule has 1 aliphatic heterocycles. The number of nitrogens with one attached hydrogen (secondary N) is 1. The minimum atomic E-state index is -4.72. The lowest BCUT2D eigenvalue weighted by atomic mass is 10.1. The molecule has 0 aromatic heterocycles. The van der Waals surface area contributed by atoms with E-state index in [2.05, 4.69) is 5.32 Å². The normalized spacial score (nSPS) is 18.2. The van der Waals surface area contributed by atoms with E-state index in [1.807, 2.05) is 0 Å². The summed E-state index contributed by atoms with van der Waals surface area (Å²) in [5.74, 6) is 0.523. The van der Waals surface area contributed by atoms with Crippen LogP contribution in [0.5, 0.6) is 5.75 Å². The number of thiocarbonyl (C=S) groups is 1. The van der Waals surface area contributed by atoms with Gasteiger partial charge in [-0.05, 0) is 81.4 Å². The summed E-state index contributed by atoms with van der Waals surface area (Å²) in [4.78, 5) is 18.4. The molecule has 2 aliphatic rings. The van der Waals surface area contributed by atoms with Crippen LogP contribution in [0.1, 0.15) is 37.8 Å². The maximum absolute atomic E-state index is 13.4. The van der Waals surface area contributed by atoms with Crippen molar-refractivity contribution in [3.05, 3.63) is 53.6 Å². The zero-order valence-electron chi connectivity index (χ0n) is 18.7. The van der Waals surface area contributed by atoms with E-state index in [-0.39, 0.29) is 17.4 Å². The van der Waals surface area contributed by atoms with Crippen LogP contribution in [0.2, 0.25) is 0 Å². The number of alkyl halides is 3. The number of halogens is 3. The highest BCUT2D eigenvalue weighted by Crippen LogP contribution is 2.40. The van der Waals surface area contributed by atoms with Crippen LogP contribution >= 0.6 is 12.2 Å². The molecule has 2 aromatic rings. The smallest absolute Gasteiger partial charge is 0.417 e. The van der Waals surface area contributed by atoms with Crippen LogP contribution in [-0.4, -0.2) is 34.2 Å². The second-order valence-electron chi connectivity index (χ2n) is 8.78. The van der Waals surface area contributed by atoms with Crippen molar-refractivity contribution in [3.63, 3.8) is 0 Å². The number of anilines is 2. The molecule has 1 aliphatic carbocycles. The van der Waals surface area contributed by atoms with Gasteiger partial charge in [0.25, 0.3) is 0 Å². The minimum absolute atomic E-state index is 0.0394. The van der Waals surface area contributed by atoms with E-state index in [4.69, 9.17) is 32.2 Å². The second-order valence-corrected chi connectivity index (χ2v) is 9.15. The quantitative estimate of drug-likeness (QED) is 0.527. The summed E-state index contributed by atoms with van der Waals surface area (Å²) < 4.78 is 46.0. The third-order valence-electron chi connectivity index (χ3n) is 5.72. The number of hydrogen-bond acceptors (Lipinski definition) is 5. The number of hydroxylamine groups is 1. The zero-order valence-corrected chi connectivity index (χ0v) is 19.5. The predicted octanol–water partition coefficient (Wildman–Crippen LogP) is 5.04. The number of hydrogen-bond donors (Lipinski definition) is 2. The summed E-state index contributed by atoms with van der Waals surface area (Å²) in [5, 5.41) is 21.7. The van der Waals surface area contributed by atoms with Crippen molar-refractivity contribution in [3.8, 4) is 11.8 Å². The highest BCUT2D eigenvalue weighted by atomic mass is 32.1. The molecule has 0 spiro atoms. The number of amides is 1. The van der Waals surface area contributed by atoms with E-state index < -0.39 is 34.7 Å². The van der Waals surface area contributed by atoms with E-state index in [9.17, 15) is 18.0 Å². The van der Waals surface area contributed by atoms with Crippen LogP contribution in [0.15, 0.2) is 42.5 Å². The first-order chi connectivity index (χ1) is 16.3. The number of rotatable bonds is 6. The maximum atomic E-state index is 13.4. The first-order valence-electron chi connectivity index (χ1n) is 10.5. The van der Waals surface area contributed by atoms with Gasteiger partial charge in [-0.2, -0.15) is 23.5 Å². The fourth-order valence-electron chi connectivity index (χ4n) is 3.80. The molecule has 35 heavy (non-hydrogen) atoms. The number of nitriles is 1. The average Bonchev–Trinajstić information content (AvgIpc) is 3.49. The highest BCUT2D eigenvalue weighted by Gasteiger charge is 2.46. The van der Waals surface area contributed by atoms with Crippen LogP contribution in [0, 0.1) is 11.3 Å². The molecular formula is C23H21F3N4O4S. The molecule has 1 saturated heterocycles. The molecule has 2 aromatic carbocycles. The third kappa shape index (κ3) is 4.96. The van der Waals surface area contributed by atoms with Crippen molar-refractivity contribution >= 4 is 34.8 Å². The van der Waals surface area contributed by atoms with Crippen molar-refractivity contribution in [2.45, 2.75) is 44.1 Å².